The predicted octanol–water partition coefficient (Wildman–Crippen LogP) is 1.71. The van der Waals surface area contributed by atoms with E-state index in [0.717, 1.165) is 5.56 Å². The van der Waals surface area contributed by atoms with E-state index >= 15 is 0 Å². The van der Waals surface area contributed by atoms with Crippen molar-refractivity contribution in [2.75, 3.05) is 33.2 Å². The number of carbonyl (C=O) groups excluding carboxylic acids is 1. The Bertz CT molecular complexity index is 723. The number of hydrogen-bond donors (Lipinski definition) is 1. The second-order valence-electron chi connectivity index (χ2n) is 7.19. The average Bonchev–Trinajstić information content (AvgIpc) is 2.55. The van der Waals surface area contributed by atoms with Crippen LogP contribution in [0, 0.1) is 12.8 Å². The quantitative estimate of drug-likeness (QED) is 0.860. The lowest BCUT2D eigenvalue weighted by molar-refractivity contribution is 0.0929. The van der Waals surface area contributed by atoms with Gasteiger partial charge in [-0.05, 0) is 44.5 Å². The first-order valence-corrected chi connectivity index (χ1v) is 10.2. The molecule has 1 fully saturated rings. The van der Waals surface area contributed by atoms with Gasteiger partial charge in [0.25, 0.3) is 5.91 Å². The van der Waals surface area contributed by atoms with Gasteiger partial charge in [-0.2, -0.15) is 4.31 Å². The van der Waals surface area contributed by atoms with Crippen LogP contribution >= 0.6 is 0 Å². The fourth-order valence-corrected chi connectivity index (χ4v) is 4.08. The molecule has 0 aliphatic carbocycles. The minimum atomic E-state index is -3.58. The second kappa shape index (κ2) is 7.85. The summed E-state index contributed by atoms with van der Waals surface area (Å²) in [5, 5.41) is 2.95. The van der Waals surface area contributed by atoms with Gasteiger partial charge in [-0.15, -0.1) is 0 Å². The first-order valence-electron chi connectivity index (χ1n) is 8.73. The van der Waals surface area contributed by atoms with E-state index in [-0.39, 0.29) is 16.8 Å². The largest absolute Gasteiger partial charge is 0.349 e. The van der Waals surface area contributed by atoms with Crippen LogP contribution in [-0.2, 0) is 10.0 Å². The van der Waals surface area contributed by atoms with E-state index in [1.54, 1.807) is 12.1 Å². The molecular formula is C18H29N3O3S. The Labute approximate surface area is 151 Å². The number of piperazine rings is 1. The summed E-state index contributed by atoms with van der Waals surface area (Å²) in [5.41, 5.74) is 1.19. The normalized spacial score (nSPS) is 18.3. The summed E-state index contributed by atoms with van der Waals surface area (Å²) in [5.74, 6) is 0.0793. The molecule has 1 saturated heterocycles. The lowest BCUT2D eigenvalue weighted by atomic mass is 10.0. The van der Waals surface area contributed by atoms with Crippen molar-refractivity contribution in [3.8, 4) is 0 Å². The van der Waals surface area contributed by atoms with Crippen LogP contribution < -0.4 is 5.32 Å². The molecule has 1 N–H and O–H groups in total. The number of carbonyl (C=O) groups is 1. The first-order chi connectivity index (χ1) is 11.6. The molecule has 2 rings (SSSR count). The number of amides is 1. The smallest absolute Gasteiger partial charge is 0.251 e. The van der Waals surface area contributed by atoms with Crippen molar-refractivity contribution >= 4 is 15.9 Å². The highest BCUT2D eigenvalue weighted by Gasteiger charge is 2.28. The summed E-state index contributed by atoms with van der Waals surface area (Å²) in [6.07, 6.45) is 0. The molecule has 0 spiro atoms. The van der Waals surface area contributed by atoms with Crippen molar-refractivity contribution in [1.82, 2.24) is 14.5 Å². The van der Waals surface area contributed by atoms with E-state index in [2.05, 4.69) is 10.2 Å². The number of nitrogens with one attached hydrogen (secondary N) is 1. The van der Waals surface area contributed by atoms with Crippen LogP contribution in [-0.4, -0.2) is 62.8 Å². The summed E-state index contributed by atoms with van der Waals surface area (Å²) < 4.78 is 27.3. The summed E-state index contributed by atoms with van der Waals surface area (Å²) in [7, 11) is -1.60. The lowest BCUT2D eigenvalue weighted by Gasteiger charge is -2.31. The molecule has 1 aliphatic rings. The average molecular weight is 368 g/mol. The van der Waals surface area contributed by atoms with E-state index in [9.17, 15) is 13.2 Å². The molecule has 1 heterocycles. The molecule has 1 atom stereocenters. The molecular weight excluding hydrogens is 338 g/mol. The number of aryl methyl sites for hydroxylation is 1. The highest BCUT2D eigenvalue weighted by molar-refractivity contribution is 7.89. The van der Waals surface area contributed by atoms with Gasteiger partial charge in [0, 0.05) is 37.8 Å². The van der Waals surface area contributed by atoms with Gasteiger partial charge in [0.1, 0.15) is 0 Å². The van der Waals surface area contributed by atoms with Gasteiger partial charge < -0.3 is 10.2 Å². The predicted molar refractivity (Wildman–Crippen MR) is 99.2 cm³/mol. The van der Waals surface area contributed by atoms with Crippen LogP contribution in [0.4, 0.5) is 0 Å². The molecule has 0 unspecified atom stereocenters. The Kier molecular flexibility index (Phi) is 6.24. The fraction of sp³-hybridized carbons (Fsp3) is 0.611. The molecule has 1 amide bonds. The molecule has 25 heavy (non-hydrogen) atoms. The molecule has 140 valence electrons. The number of sulfonamides is 1. The minimum absolute atomic E-state index is 0.0183. The molecule has 1 aromatic carbocycles. The Morgan fingerprint density at radius 1 is 1.12 bits per heavy atom. The zero-order valence-corrected chi connectivity index (χ0v) is 16.6. The Hall–Kier alpha value is -1.44. The topological polar surface area (TPSA) is 69.7 Å². The number of hydrogen-bond acceptors (Lipinski definition) is 4. The second-order valence-corrected chi connectivity index (χ2v) is 9.13. The Balaban J connectivity index is 2.27. The highest BCUT2D eigenvalue weighted by atomic mass is 32.2. The van der Waals surface area contributed by atoms with E-state index in [1.165, 1.54) is 10.4 Å². The fourth-order valence-electron chi connectivity index (χ4n) is 2.63. The molecule has 0 bridgehead atoms. The third kappa shape index (κ3) is 4.59. The van der Waals surface area contributed by atoms with Crippen LogP contribution in [0.1, 0.15) is 36.7 Å². The summed E-state index contributed by atoms with van der Waals surface area (Å²) >= 11 is 0. The molecule has 6 nitrogen and oxygen atoms in total. The van der Waals surface area contributed by atoms with Gasteiger partial charge in [0.05, 0.1) is 4.90 Å². The summed E-state index contributed by atoms with van der Waals surface area (Å²) in [6.45, 7) is 10.2. The molecule has 0 radical (unpaired) electrons. The molecule has 0 saturated carbocycles. The number of nitrogens with zero attached hydrogens (tertiary/aromatic N) is 2. The Morgan fingerprint density at radius 3 is 2.28 bits per heavy atom. The maximum Gasteiger partial charge on any atom is 0.251 e. The Morgan fingerprint density at radius 2 is 1.72 bits per heavy atom. The van der Waals surface area contributed by atoms with Crippen LogP contribution in [0.5, 0.6) is 0 Å². The third-order valence-electron chi connectivity index (χ3n) is 4.91. The molecule has 7 heteroatoms. The summed E-state index contributed by atoms with van der Waals surface area (Å²) in [6, 6.07) is 4.82. The molecule has 1 aliphatic heterocycles. The van der Waals surface area contributed by atoms with Crippen molar-refractivity contribution in [2.45, 2.75) is 38.6 Å². The van der Waals surface area contributed by atoms with Crippen LogP contribution in [0.2, 0.25) is 0 Å². The molecule has 0 aromatic heterocycles. The van der Waals surface area contributed by atoms with Crippen LogP contribution in [0.3, 0.4) is 0 Å². The van der Waals surface area contributed by atoms with Gasteiger partial charge in [-0.25, -0.2) is 8.42 Å². The number of rotatable bonds is 5. The van der Waals surface area contributed by atoms with Gasteiger partial charge in [0.2, 0.25) is 10.0 Å². The van der Waals surface area contributed by atoms with E-state index < -0.39 is 10.0 Å². The van der Waals surface area contributed by atoms with Crippen LogP contribution in [0.25, 0.3) is 0 Å². The minimum Gasteiger partial charge on any atom is -0.349 e. The van der Waals surface area contributed by atoms with Crippen molar-refractivity contribution in [2.24, 2.45) is 5.92 Å². The van der Waals surface area contributed by atoms with E-state index in [0.29, 0.717) is 37.7 Å². The monoisotopic (exact) mass is 367 g/mol. The number of benzene rings is 1. The maximum atomic E-state index is 12.9. The SMILES string of the molecule is Cc1ccc(S(=O)(=O)N2CCN(C)CC2)cc1C(=O)N[C@@H](C)C(C)C. The third-order valence-corrected chi connectivity index (χ3v) is 6.81. The van der Waals surface area contributed by atoms with E-state index in [1.807, 2.05) is 34.7 Å². The van der Waals surface area contributed by atoms with Crippen molar-refractivity contribution in [3.05, 3.63) is 29.3 Å². The maximum absolute atomic E-state index is 12.9. The zero-order valence-electron chi connectivity index (χ0n) is 15.7. The van der Waals surface area contributed by atoms with Gasteiger partial charge in [-0.1, -0.05) is 19.9 Å². The van der Waals surface area contributed by atoms with Crippen molar-refractivity contribution in [1.29, 1.82) is 0 Å². The first kappa shape index (κ1) is 19.9. The van der Waals surface area contributed by atoms with Gasteiger partial charge in [-0.3, -0.25) is 4.79 Å². The van der Waals surface area contributed by atoms with Crippen molar-refractivity contribution < 1.29 is 13.2 Å². The molecule has 1 aromatic rings. The number of likely N-dealkylation sites (N-methyl/N-ethyl adjacent to an activating group) is 1. The lowest BCUT2D eigenvalue weighted by Crippen LogP contribution is -2.47. The van der Waals surface area contributed by atoms with E-state index in [4.69, 9.17) is 0 Å². The highest BCUT2D eigenvalue weighted by Crippen LogP contribution is 2.21. The standard InChI is InChI=1S/C18H29N3O3S/c1-13(2)15(4)19-18(22)17-12-16(7-6-14(17)3)25(23,24)21-10-8-20(5)9-11-21/h6-7,12-13,15H,8-11H2,1-5H3,(H,19,22)/t15-/m0/s1. The summed E-state index contributed by atoms with van der Waals surface area (Å²) in [4.78, 5) is 14.8. The van der Waals surface area contributed by atoms with Crippen molar-refractivity contribution in [3.63, 3.8) is 0 Å². The zero-order chi connectivity index (χ0) is 18.8. The van der Waals surface area contributed by atoms with Crippen LogP contribution in [0.15, 0.2) is 23.1 Å². The van der Waals surface area contributed by atoms with Gasteiger partial charge in [0.15, 0.2) is 0 Å². The van der Waals surface area contributed by atoms with Gasteiger partial charge >= 0.3 is 0 Å².